The number of rotatable bonds is 4. The first-order chi connectivity index (χ1) is 4.22. The minimum absolute atomic E-state index is 0.366. The van der Waals surface area contributed by atoms with Crippen molar-refractivity contribution in [3.05, 3.63) is 0 Å². The molecule has 0 bridgehead atoms. The normalized spacial score (nSPS) is 13.1. The van der Waals surface area contributed by atoms with Gasteiger partial charge in [-0.2, -0.15) is 5.48 Å². The fraction of sp³-hybridized carbons (Fsp3) is 0.800. The van der Waals surface area contributed by atoms with Crippen LogP contribution in [0.25, 0.3) is 0 Å². The molecule has 4 heteroatoms. The Morgan fingerprint density at radius 2 is 2.44 bits per heavy atom. The number of hydroxylamine groups is 1. The van der Waals surface area contributed by atoms with Crippen molar-refractivity contribution in [2.24, 2.45) is 5.73 Å². The molecule has 54 valence electrons. The van der Waals surface area contributed by atoms with Gasteiger partial charge in [0.05, 0.1) is 7.11 Å². The van der Waals surface area contributed by atoms with E-state index in [-0.39, 0.29) is 11.9 Å². The molecule has 1 amide bonds. The standard InChI is InChI=1S/C5H12N2O2/c1-3-4(5(6)8)7-9-2/h4,7H,3H2,1-2H3,(H2,6,8). The molecule has 0 radical (unpaired) electrons. The molecule has 0 aromatic heterocycles. The van der Waals surface area contributed by atoms with Crippen LogP contribution in [0.15, 0.2) is 0 Å². The van der Waals surface area contributed by atoms with Gasteiger partial charge in [0, 0.05) is 0 Å². The second kappa shape index (κ2) is 4.29. The Bertz CT molecular complexity index is 95.0. The molecule has 0 aromatic carbocycles. The Morgan fingerprint density at radius 1 is 1.89 bits per heavy atom. The predicted molar refractivity (Wildman–Crippen MR) is 33.4 cm³/mol. The summed E-state index contributed by atoms with van der Waals surface area (Å²) >= 11 is 0. The summed E-state index contributed by atoms with van der Waals surface area (Å²) in [7, 11) is 1.45. The molecule has 1 unspecified atom stereocenters. The molecular weight excluding hydrogens is 120 g/mol. The Hall–Kier alpha value is -0.610. The highest BCUT2D eigenvalue weighted by atomic mass is 16.6. The van der Waals surface area contributed by atoms with Crippen LogP contribution >= 0.6 is 0 Å². The molecule has 0 saturated carbocycles. The number of hydrogen-bond acceptors (Lipinski definition) is 3. The summed E-state index contributed by atoms with van der Waals surface area (Å²) in [5, 5.41) is 0. The van der Waals surface area contributed by atoms with E-state index in [1.807, 2.05) is 6.92 Å². The van der Waals surface area contributed by atoms with Gasteiger partial charge in [-0.05, 0) is 6.42 Å². The van der Waals surface area contributed by atoms with Crippen LogP contribution in [0, 0.1) is 0 Å². The first-order valence-corrected chi connectivity index (χ1v) is 2.80. The highest BCUT2D eigenvalue weighted by Crippen LogP contribution is 1.86. The zero-order valence-corrected chi connectivity index (χ0v) is 5.68. The van der Waals surface area contributed by atoms with Crippen molar-refractivity contribution < 1.29 is 9.63 Å². The van der Waals surface area contributed by atoms with Crippen molar-refractivity contribution in [3.63, 3.8) is 0 Å². The summed E-state index contributed by atoms with van der Waals surface area (Å²) in [6, 6.07) is -0.366. The molecule has 0 spiro atoms. The molecule has 1 atom stereocenters. The van der Waals surface area contributed by atoms with Crippen LogP contribution in [0.2, 0.25) is 0 Å². The summed E-state index contributed by atoms with van der Waals surface area (Å²) < 4.78 is 0. The van der Waals surface area contributed by atoms with Crippen LogP contribution in [0.1, 0.15) is 13.3 Å². The van der Waals surface area contributed by atoms with Crippen molar-refractivity contribution in [1.82, 2.24) is 5.48 Å². The summed E-state index contributed by atoms with van der Waals surface area (Å²) in [4.78, 5) is 14.9. The van der Waals surface area contributed by atoms with Crippen molar-refractivity contribution >= 4 is 5.91 Å². The lowest BCUT2D eigenvalue weighted by atomic mass is 10.2. The van der Waals surface area contributed by atoms with Crippen LogP contribution < -0.4 is 11.2 Å². The van der Waals surface area contributed by atoms with Gasteiger partial charge in [-0.3, -0.25) is 4.79 Å². The smallest absolute Gasteiger partial charge is 0.236 e. The number of hydrogen-bond donors (Lipinski definition) is 2. The molecule has 0 heterocycles. The van der Waals surface area contributed by atoms with Crippen molar-refractivity contribution in [1.29, 1.82) is 0 Å². The zero-order valence-electron chi connectivity index (χ0n) is 5.68. The first kappa shape index (κ1) is 8.39. The van der Waals surface area contributed by atoms with E-state index in [1.54, 1.807) is 0 Å². The molecule has 0 aliphatic rings. The third kappa shape index (κ3) is 3.05. The van der Waals surface area contributed by atoms with Crippen molar-refractivity contribution in [2.75, 3.05) is 7.11 Å². The minimum atomic E-state index is -0.389. The number of nitrogens with one attached hydrogen (secondary N) is 1. The van der Waals surface area contributed by atoms with Gasteiger partial charge >= 0.3 is 0 Å². The van der Waals surface area contributed by atoms with Gasteiger partial charge in [0.1, 0.15) is 6.04 Å². The van der Waals surface area contributed by atoms with E-state index in [9.17, 15) is 4.79 Å². The second-order valence-electron chi connectivity index (χ2n) is 1.69. The van der Waals surface area contributed by atoms with Gasteiger partial charge in [0.15, 0.2) is 0 Å². The van der Waals surface area contributed by atoms with Crippen LogP contribution in [-0.4, -0.2) is 19.1 Å². The highest BCUT2D eigenvalue weighted by molar-refractivity contribution is 5.79. The number of primary amides is 1. The molecule has 0 aliphatic carbocycles. The average molecular weight is 132 g/mol. The third-order valence-corrected chi connectivity index (χ3v) is 1.01. The average Bonchev–Trinajstić information content (AvgIpc) is 1.82. The maximum Gasteiger partial charge on any atom is 0.236 e. The fourth-order valence-electron chi connectivity index (χ4n) is 0.485. The number of carbonyl (C=O) groups excluding carboxylic acids is 1. The van der Waals surface area contributed by atoms with Crippen LogP contribution in [0.4, 0.5) is 0 Å². The monoisotopic (exact) mass is 132 g/mol. The van der Waals surface area contributed by atoms with Crippen LogP contribution in [0.3, 0.4) is 0 Å². The molecule has 0 fully saturated rings. The fourth-order valence-corrected chi connectivity index (χ4v) is 0.485. The van der Waals surface area contributed by atoms with Gasteiger partial charge < -0.3 is 10.6 Å². The van der Waals surface area contributed by atoms with Gasteiger partial charge in [-0.25, -0.2) is 0 Å². The van der Waals surface area contributed by atoms with Crippen LogP contribution in [0.5, 0.6) is 0 Å². The van der Waals surface area contributed by atoms with Crippen molar-refractivity contribution in [3.8, 4) is 0 Å². The maximum atomic E-state index is 10.4. The lowest BCUT2D eigenvalue weighted by Gasteiger charge is -2.09. The van der Waals surface area contributed by atoms with E-state index in [2.05, 4.69) is 10.3 Å². The lowest BCUT2D eigenvalue weighted by molar-refractivity contribution is -0.123. The van der Waals surface area contributed by atoms with E-state index in [1.165, 1.54) is 7.11 Å². The van der Waals surface area contributed by atoms with Crippen molar-refractivity contribution in [2.45, 2.75) is 19.4 Å². The quantitative estimate of drug-likeness (QED) is 0.502. The highest BCUT2D eigenvalue weighted by Gasteiger charge is 2.10. The Kier molecular flexibility index (Phi) is 4.00. The van der Waals surface area contributed by atoms with Crippen LogP contribution in [-0.2, 0) is 9.63 Å². The van der Waals surface area contributed by atoms with Gasteiger partial charge in [0.2, 0.25) is 5.91 Å². The van der Waals surface area contributed by atoms with Gasteiger partial charge in [0.25, 0.3) is 0 Å². The Labute approximate surface area is 54.3 Å². The van der Waals surface area contributed by atoms with Gasteiger partial charge in [-0.1, -0.05) is 6.92 Å². The summed E-state index contributed by atoms with van der Waals surface area (Å²) in [5.74, 6) is -0.389. The van der Waals surface area contributed by atoms with E-state index < -0.39 is 0 Å². The molecule has 9 heavy (non-hydrogen) atoms. The Morgan fingerprint density at radius 3 is 2.56 bits per heavy atom. The first-order valence-electron chi connectivity index (χ1n) is 2.80. The molecule has 3 N–H and O–H groups in total. The number of nitrogens with two attached hydrogens (primary N) is 1. The largest absolute Gasteiger partial charge is 0.368 e. The molecule has 0 rings (SSSR count). The number of carbonyl (C=O) groups is 1. The summed E-state index contributed by atoms with van der Waals surface area (Å²) in [5.41, 5.74) is 7.41. The topological polar surface area (TPSA) is 64.3 Å². The molecular formula is C5H12N2O2. The predicted octanol–water partition coefficient (Wildman–Crippen LogP) is -0.599. The maximum absolute atomic E-state index is 10.4. The summed E-state index contributed by atoms with van der Waals surface area (Å²) in [6.45, 7) is 1.85. The molecule has 0 saturated heterocycles. The SMILES string of the molecule is CCC(NOC)C(N)=O. The van der Waals surface area contributed by atoms with E-state index in [0.717, 1.165) is 0 Å². The minimum Gasteiger partial charge on any atom is -0.368 e. The Balaban J connectivity index is 3.54. The summed E-state index contributed by atoms with van der Waals surface area (Å²) in [6.07, 6.45) is 0.642. The van der Waals surface area contributed by atoms with E-state index >= 15 is 0 Å². The van der Waals surface area contributed by atoms with Gasteiger partial charge in [-0.15, -0.1) is 0 Å². The van der Waals surface area contributed by atoms with E-state index in [4.69, 9.17) is 5.73 Å². The molecule has 0 aliphatic heterocycles. The lowest BCUT2D eigenvalue weighted by Crippen LogP contribution is -2.39. The zero-order chi connectivity index (χ0) is 7.28. The third-order valence-electron chi connectivity index (χ3n) is 1.01. The molecule has 0 aromatic rings. The van der Waals surface area contributed by atoms with E-state index in [0.29, 0.717) is 6.42 Å². The number of amides is 1. The molecule has 4 nitrogen and oxygen atoms in total. The second-order valence-corrected chi connectivity index (χ2v) is 1.69.